The molecule has 1 saturated heterocycles. The molecule has 0 aliphatic carbocycles. The topological polar surface area (TPSA) is 130 Å². The van der Waals surface area contributed by atoms with Gasteiger partial charge in [-0.15, -0.1) is 0 Å². The summed E-state index contributed by atoms with van der Waals surface area (Å²) in [5.41, 5.74) is -0.117. The molecular weight excluding hydrogens is 360 g/mol. The molecule has 1 aliphatic heterocycles. The summed E-state index contributed by atoms with van der Waals surface area (Å²) in [6, 6.07) is 5.89. The summed E-state index contributed by atoms with van der Waals surface area (Å²) in [7, 11) is -2.51. The average molecular weight is 388 g/mol. The molecule has 26 heavy (non-hydrogen) atoms. The molecule has 1 heterocycles. The van der Waals surface area contributed by atoms with E-state index in [9.17, 15) is 18.3 Å². The lowest BCUT2D eigenvalue weighted by Crippen LogP contribution is -2.57. The van der Waals surface area contributed by atoms with Crippen molar-refractivity contribution in [1.82, 2.24) is 4.90 Å². The monoisotopic (exact) mass is 388 g/mol. The van der Waals surface area contributed by atoms with Crippen molar-refractivity contribution in [2.45, 2.75) is 48.8 Å². The number of rotatable bonds is 4. The summed E-state index contributed by atoms with van der Waals surface area (Å²) in [4.78, 5) is 14.1. The van der Waals surface area contributed by atoms with E-state index in [1.54, 1.807) is 0 Å². The lowest BCUT2D eigenvalue weighted by atomic mass is 9.92. The molecule has 1 aliphatic rings. The van der Waals surface area contributed by atoms with Crippen LogP contribution in [0.4, 0.5) is 0 Å². The first-order valence-corrected chi connectivity index (χ1v) is 9.66. The van der Waals surface area contributed by atoms with Crippen LogP contribution in [0.2, 0.25) is 0 Å². The Morgan fingerprint density at radius 3 is 1.96 bits per heavy atom. The van der Waals surface area contributed by atoms with Crippen LogP contribution in [0.5, 0.6) is 5.75 Å². The van der Waals surface area contributed by atoms with Crippen molar-refractivity contribution in [3.8, 4) is 5.75 Å². The van der Waals surface area contributed by atoms with Gasteiger partial charge in [-0.3, -0.25) is 9.69 Å². The summed E-state index contributed by atoms with van der Waals surface area (Å²) in [5.74, 6) is 2.76. The minimum absolute atomic E-state index is 0.0231. The molecular formula is C17H28N2O6S. The normalized spacial score (nSPS) is 17.8. The number of hydrogen-bond donors (Lipinski definition) is 3. The third kappa shape index (κ3) is 4.17. The Hall–Kier alpha value is -1.68. The highest BCUT2D eigenvalue weighted by atomic mass is 32.2. The van der Waals surface area contributed by atoms with E-state index in [0.717, 1.165) is 0 Å². The molecule has 1 aromatic rings. The number of carboxylic acid groups (broad SMARTS) is 1. The van der Waals surface area contributed by atoms with Crippen molar-refractivity contribution >= 4 is 15.8 Å². The summed E-state index contributed by atoms with van der Waals surface area (Å²) in [6.45, 7) is 6.99. The Morgan fingerprint density at radius 1 is 1.15 bits per heavy atom. The van der Waals surface area contributed by atoms with Crippen LogP contribution in [-0.2, 0) is 14.6 Å². The zero-order valence-electron chi connectivity index (χ0n) is 15.6. The van der Waals surface area contributed by atoms with Gasteiger partial charge in [0, 0.05) is 18.6 Å². The van der Waals surface area contributed by atoms with E-state index in [0.29, 0.717) is 18.8 Å². The first-order chi connectivity index (χ1) is 12.0. The van der Waals surface area contributed by atoms with Gasteiger partial charge in [0.15, 0.2) is 14.6 Å². The van der Waals surface area contributed by atoms with Gasteiger partial charge in [0.05, 0.1) is 12.0 Å². The number of sulfone groups is 1. The van der Waals surface area contributed by atoms with Crippen LogP contribution in [0.15, 0.2) is 29.2 Å². The molecule has 148 valence electrons. The van der Waals surface area contributed by atoms with Gasteiger partial charge >= 0.3 is 5.97 Å². The maximum atomic E-state index is 13.1. The fraction of sp³-hybridized carbons (Fsp3) is 0.588. The van der Waals surface area contributed by atoms with Crippen LogP contribution in [-0.4, -0.2) is 60.1 Å². The lowest BCUT2D eigenvalue weighted by molar-refractivity contribution is -0.141. The Labute approximate surface area is 154 Å². The highest BCUT2D eigenvalue weighted by molar-refractivity contribution is 7.93. The SMILES string of the molecule is COc1ccc(S(=O)(=O)C2(C(=O)O)CCN(C(C)(C)C)CC2)cc1.NO. The zero-order valence-corrected chi connectivity index (χ0v) is 16.4. The van der Waals surface area contributed by atoms with Gasteiger partial charge in [0.1, 0.15) is 5.75 Å². The first kappa shape index (κ1) is 22.4. The van der Waals surface area contributed by atoms with Crippen LogP contribution in [0.25, 0.3) is 0 Å². The predicted molar refractivity (Wildman–Crippen MR) is 97.1 cm³/mol. The third-order valence-electron chi connectivity index (χ3n) is 4.79. The van der Waals surface area contributed by atoms with Gasteiger partial charge in [-0.2, -0.15) is 0 Å². The Bertz CT molecular complexity index is 702. The van der Waals surface area contributed by atoms with Crippen molar-refractivity contribution < 1.29 is 28.3 Å². The molecule has 2 rings (SSSR count). The van der Waals surface area contributed by atoms with E-state index in [-0.39, 0.29) is 23.3 Å². The quantitative estimate of drug-likeness (QED) is 0.662. The zero-order chi connectivity index (χ0) is 20.2. The number of likely N-dealkylation sites (tertiary alicyclic amines) is 1. The van der Waals surface area contributed by atoms with Gasteiger partial charge in [0.2, 0.25) is 0 Å². The van der Waals surface area contributed by atoms with Gasteiger partial charge in [-0.1, -0.05) is 0 Å². The predicted octanol–water partition coefficient (Wildman–Crippen LogP) is 1.52. The number of benzene rings is 1. The number of methoxy groups -OCH3 is 1. The number of carboxylic acids is 1. The molecule has 8 nitrogen and oxygen atoms in total. The highest BCUT2D eigenvalue weighted by Gasteiger charge is 2.53. The fourth-order valence-electron chi connectivity index (χ4n) is 3.12. The van der Waals surface area contributed by atoms with Crippen LogP contribution in [0, 0.1) is 0 Å². The number of piperidine rings is 1. The second-order valence-corrected chi connectivity index (χ2v) is 9.40. The molecule has 9 heteroatoms. The fourth-order valence-corrected chi connectivity index (χ4v) is 5.01. The standard InChI is InChI=1S/C17H25NO5S.H3NO/c1-16(2,3)18-11-9-17(10-12-18,15(19)20)24(21,22)14-7-5-13(23-4)6-8-14;1-2/h5-8H,9-12H2,1-4H3,(H,19,20);2H,1H2. The van der Waals surface area contributed by atoms with E-state index in [1.165, 1.54) is 31.4 Å². The van der Waals surface area contributed by atoms with Gasteiger partial charge < -0.3 is 15.1 Å². The molecule has 0 aromatic heterocycles. The number of hydrogen-bond acceptors (Lipinski definition) is 7. The van der Waals surface area contributed by atoms with Crippen LogP contribution >= 0.6 is 0 Å². The Morgan fingerprint density at radius 2 is 1.62 bits per heavy atom. The number of nitrogens with zero attached hydrogens (tertiary/aromatic N) is 1. The van der Waals surface area contributed by atoms with Gasteiger partial charge in [-0.05, 0) is 57.9 Å². The van der Waals surface area contributed by atoms with E-state index in [2.05, 4.69) is 10.8 Å². The van der Waals surface area contributed by atoms with E-state index in [4.69, 9.17) is 9.94 Å². The number of ether oxygens (including phenoxy) is 1. The smallest absolute Gasteiger partial charge is 0.325 e. The Kier molecular flexibility index (Phi) is 7.17. The van der Waals surface area contributed by atoms with Crippen molar-refractivity contribution in [3.05, 3.63) is 24.3 Å². The number of carbonyl (C=O) groups is 1. The average Bonchev–Trinajstić information content (AvgIpc) is 2.62. The van der Waals surface area contributed by atoms with E-state index < -0.39 is 20.6 Å². The summed E-state index contributed by atoms with van der Waals surface area (Å²) in [6.07, 6.45) is 0.155. The molecule has 0 bridgehead atoms. The van der Waals surface area contributed by atoms with Crippen LogP contribution < -0.4 is 10.6 Å². The minimum Gasteiger partial charge on any atom is -0.497 e. The van der Waals surface area contributed by atoms with Gasteiger partial charge in [-0.25, -0.2) is 14.3 Å². The van der Waals surface area contributed by atoms with E-state index in [1.807, 2.05) is 20.8 Å². The van der Waals surface area contributed by atoms with Gasteiger partial charge in [0.25, 0.3) is 0 Å². The van der Waals surface area contributed by atoms with Crippen molar-refractivity contribution in [2.75, 3.05) is 20.2 Å². The van der Waals surface area contributed by atoms with Crippen LogP contribution in [0.3, 0.4) is 0 Å². The molecule has 0 radical (unpaired) electrons. The number of nitrogens with two attached hydrogens (primary N) is 1. The first-order valence-electron chi connectivity index (χ1n) is 8.17. The van der Waals surface area contributed by atoms with Crippen molar-refractivity contribution in [1.29, 1.82) is 0 Å². The Balaban J connectivity index is 0.00000163. The summed E-state index contributed by atoms with van der Waals surface area (Å²) in [5, 5.41) is 16.3. The second kappa shape index (κ2) is 8.34. The maximum absolute atomic E-state index is 13.1. The lowest BCUT2D eigenvalue weighted by Gasteiger charge is -2.44. The molecule has 1 aromatic carbocycles. The molecule has 4 N–H and O–H groups in total. The molecule has 0 amide bonds. The summed E-state index contributed by atoms with van der Waals surface area (Å²) >= 11 is 0. The molecule has 1 fully saturated rings. The molecule has 0 spiro atoms. The minimum atomic E-state index is -4.00. The number of aliphatic carboxylic acids is 1. The van der Waals surface area contributed by atoms with Crippen molar-refractivity contribution in [2.24, 2.45) is 5.90 Å². The second-order valence-electron chi connectivity index (χ2n) is 7.14. The highest BCUT2D eigenvalue weighted by Crippen LogP contribution is 2.38. The van der Waals surface area contributed by atoms with Crippen molar-refractivity contribution in [3.63, 3.8) is 0 Å². The largest absolute Gasteiger partial charge is 0.497 e. The molecule has 0 saturated carbocycles. The van der Waals surface area contributed by atoms with Crippen LogP contribution in [0.1, 0.15) is 33.6 Å². The third-order valence-corrected chi connectivity index (χ3v) is 7.30. The summed E-state index contributed by atoms with van der Waals surface area (Å²) < 4.78 is 29.4. The van der Waals surface area contributed by atoms with E-state index >= 15 is 0 Å². The molecule has 0 atom stereocenters. The maximum Gasteiger partial charge on any atom is 0.325 e. The molecule has 0 unspecified atom stereocenters.